The number of likely N-dealkylation sites (tertiary alicyclic amines) is 1. The van der Waals surface area contributed by atoms with Gasteiger partial charge in [0.25, 0.3) is 5.91 Å². The second-order valence-corrected chi connectivity index (χ2v) is 6.49. The average Bonchev–Trinajstić information content (AvgIpc) is 3.09. The molecule has 1 saturated heterocycles. The molecule has 0 saturated carbocycles. The van der Waals surface area contributed by atoms with Gasteiger partial charge in [-0.3, -0.25) is 4.79 Å². The first-order chi connectivity index (χ1) is 11.1. The number of carbonyl (C=O) groups excluding carboxylic acids is 1. The van der Waals surface area contributed by atoms with Crippen molar-refractivity contribution in [2.24, 2.45) is 0 Å². The molecule has 1 aromatic heterocycles. The highest BCUT2D eigenvalue weighted by atomic mass is 16.2. The maximum Gasteiger partial charge on any atom is 0.253 e. The zero-order valence-corrected chi connectivity index (χ0v) is 13.9. The Morgan fingerprint density at radius 3 is 2.74 bits per heavy atom. The van der Waals surface area contributed by atoms with E-state index in [0.29, 0.717) is 6.04 Å². The summed E-state index contributed by atoms with van der Waals surface area (Å²) >= 11 is 0. The van der Waals surface area contributed by atoms with Crippen LogP contribution in [-0.2, 0) is 6.54 Å². The Morgan fingerprint density at radius 1 is 1.30 bits per heavy atom. The van der Waals surface area contributed by atoms with E-state index in [9.17, 15) is 4.79 Å². The van der Waals surface area contributed by atoms with Crippen molar-refractivity contribution in [1.29, 1.82) is 0 Å². The summed E-state index contributed by atoms with van der Waals surface area (Å²) in [6.07, 6.45) is 7.75. The number of amides is 1. The van der Waals surface area contributed by atoms with Crippen LogP contribution in [0.25, 0.3) is 0 Å². The van der Waals surface area contributed by atoms with E-state index in [1.54, 1.807) is 6.20 Å². The van der Waals surface area contributed by atoms with Gasteiger partial charge in [0, 0.05) is 37.6 Å². The normalized spacial score (nSPS) is 18.4. The van der Waals surface area contributed by atoms with Crippen molar-refractivity contribution in [3.8, 4) is 0 Å². The summed E-state index contributed by atoms with van der Waals surface area (Å²) < 4.78 is 2.11. The largest absolute Gasteiger partial charge is 0.337 e. The minimum Gasteiger partial charge on any atom is -0.337 e. The number of aromatic nitrogens is 2. The Morgan fingerprint density at radius 2 is 2.09 bits per heavy atom. The van der Waals surface area contributed by atoms with Gasteiger partial charge in [-0.05, 0) is 44.6 Å². The molecule has 0 unspecified atom stereocenters. The summed E-state index contributed by atoms with van der Waals surface area (Å²) in [5.41, 5.74) is 2.00. The third-order valence-corrected chi connectivity index (χ3v) is 4.33. The number of hydrogen-bond donors (Lipinski definition) is 0. The van der Waals surface area contributed by atoms with E-state index >= 15 is 0 Å². The molecule has 5 heteroatoms. The SMILES string of the molecule is CN(C)Cc1ccc(C(=O)N2CCC[C@H](n3ccnc3)C2)cc1. The van der Waals surface area contributed by atoms with Crippen LogP contribution in [0.2, 0.25) is 0 Å². The van der Waals surface area contributed by atoms with Gasteiger partial charge in [0.2, 0.25) is 0 Å². The standard InChI is InChI=1S/C18H24N4O/c1-20(2)12-15-5-7-16(8-6-15)18(23)21-10-3-4-17(13-21)22-11-9-19-14-22/h5-9,11,14,17H,3-4,10,12-13H2,1-2H3/t17-/m0/s1. The van der Waals surface area contributed by atoms with Crippen LogP contribution in [0.1, 0.15) is 34.8 Å². The minimum atomic E-state index is 0.131. The zero-order chi connectivity index (χ0) is 16.2. The van der Waals surface area contributed by atoms with Crippen molar-refractivity contribution in [3.63, 3.8) is 0 Å². The van der Waals surface area contributed by atoms with Crippen LogP contribution in [0.3, 0.4) is 0 Å². The summed E-state index contributed by atoms with van der Waals surface area (Å²) in [5.74, 6) is 0.131. The maximum atomic E-state index is 12.7. The van der Waals surface area contributed by atoms with Gasteiger partial charge >= 0.3 is 0 Å². The van der Waals surface area contributed by atoms with Crippen molar-refractivity contribution < 1.29 is 4.79 Å². The molecule has 1 aliphatic rings. The quantitative estimate of drug-likeness (QED) is 0.870. The van der Waals surface area contributed by atoms with Crippen LogP contribution in [0.15, 0.2) is 43.0 Å². The number of carbonyl (C=O) groups is 1. The van der Waals surface area contributed by atoms with Crippen LogP contribution in [0.4, 0.5) is 0 Å². The average molecular weight is 312 g/mol. The molecule has 122 valence electrons. The number of benzene rings is 1. The topological polar surface area (TPSA) is 41.4 Å². The first-order valence-electron chi connectivity index (χ1n) is 8.14. The smallest absolute Gasteiger partial charge is 0.253 e. The molecule has 1 atom stereocenters. The summed E-state index contributed by atoms with van der Waals surface area (Å²) in [5, 5.41) is 0. The number of nitrogens with zero attached hydrogens (tertiary/aromatic N) is 4. The van der Waals surface area contributed by atoms with Gasteiger partial charge in [-0.15, -0.1) is 0 Å². The molecule has 3 rings (SSSR count). The molecule has 0 radical (unpaired) electrons. The van der Waals surface area contributed by atoms with Crippen LogP contribution in [0, 0.1) is 0 Å². The molecule has 1 amide bonds. The monoisotopic (exact) mass is 312 g/mol. The summed E-state index contributed by atoms with van der Waals surface area (Å²) in [7, 11) is 4.09. The van der Waals surface area contributed by atoms with Crippen molar-refractivity contribution in [3.05, 3.63) is 54.1 Å². The summed E-state index contributed by atoms with van der Waals surface area (Å²) in [4.78, 5) is 20.9. The predicted octanol–water partition coefficient (Wildman–Crippen LogP) is 2.42. The molecule has 0 spiro atoms. The predicted molar refractivity (Wildman–Crippen MR) is 90.2 cm³/mol. The molecule has 0 aliphatic carbocycles. The lowest BCUT2D eigenvalue weighted by atomic mass is 10.0. The summed E-state index contributed by atoms with van der Waals surface area (Å²) in [6.45, 7) is 2.49. The molecule has 1 aliphatic heterocycles. The Balaban J connectivity index is 1.67. The lowest BCUT2D eigenvalue weighted by Gasteiger charge is -2.33. The van der Waals surface area contributed by atoms with Crippen molar-refractivity contribution in [2.75, 3.05) is 27.2 Å². The molecule has 2 heterocycles. The Kier molecular flexibility index (Phi) is 4.76. The van der Waals surface area contributed by atoms with Crippen LogP contribution >= 0.6 is 0 Å². The van der Waals surface area contributed by atoms with Gasteiger partial charge in [0.05, 0.1) is 12.4 Å². The second-order valence-electron chi connectivity index (χ2n) is 6.49. The van der Waals surface area contributed by atoms with Gasteiger partial charge in [0.15, 0.2) is 0 Å². The van der Waals surface area contributed by atoms with E-state index in [4.69, 9.17) is 0 Å². The number of imidazole rings is 1. The van der Waals surface area contributed by atoms with E-state index in [1.807, 2.05) is 55.8 Å². The van der Waals surface area contributed by atoms with Gasteiger partial charge in [-0.1, -0.05) is 12.1 Å². The van der Waals surface area contributed by atoms with Crippen molar-refractivity contribution >= 4 is 5.91 Å². The Labute approximate surface area is 137 Å². The maximum absolute atomic E-state index is 12.7. The van der Waals surface area contributed by atoms with Crippen molar-refractivity contribution in [2.45, 2.75) is 25.4 Å². The number of rotatable bonds is 4. The molecule has 1 fully saturated rings. The minimum absolute atomic E-state index is 0.131. The lowest BCUT2D eigenvalue weighted by Crippen LogP contribution is -2.40. The second kappa shape index (κ2) is 6.96. The highest BCUT2D eigenvalue weighted by molar-refractivity contribution is 5.94. The van der Waals surface area contributed by atoms with Gasteiger partial charge in [-0.25, -0.2) is 4.98 Å². The van der Waals surface area contributed by atoms with E-state index in [-0.39, 0.29) is 5.91 Å². The molecule has 5 nitrogen and oxygen atoms in total. The molecule has 0 bridgehead atoms. The van der Waals surface area contributed by atoms with Crippen LogP contribution in [-0.4, -0.2) is 52.4 Å². The summed E-state index contributed by atoms with van der Waals surface area (Å²) in [6, 6.07) is 8.32. The zero-order valence-electron chi connectivity index (χ0n) is 13.9. The Hall–Kier alpha value is -2.14. The third-order valence-electron chi connectivity index (χ3n) is 4.33. The fourth-order valence-corrected chi connectivity index (χ4v) is 3.17. The molecule has 2 aromatic rings. The highest BCUT2D eigenvalue weighted by Gasteiger charge is 2.25. The fraction of sp³-hybridized carbons (Fsp3) is 0.444. The molecular formula is C18H24N4O. The van der Waals surface area contributed by atoms with Crippen LogP contribution < -0.4 is 0 Å². The molecule has 1 aromatic carbocycles. The number of piperidine rings is 1. The molecule has 23 heavy (non-hydrogen) atoms. The van der Waals surface area contributed by atoms with Gasteiger partial charge in [0.1, 0.15) is 0 Å². The van der Waals surface area contributed by atoms with E-state index in [1.165, 1.54) is 5.56 Å². The highest BCUT2D eigenvalue weighted by Crippen LogP contribution is 2.22. The number of hydrogen-bond acceptors (Lipinski definition) is 3. The molecule has 0 N–H and O–H groups in total. The lowest BCUT2D eigenvalue weighted by molar-refractivity contribution is 0.0679. The van der Waals surface area contributed by atoms with E-state index < -0.39 is 0 Å². The first-order valence-corrected chi connectivity index (χ1v) is 8.14. The van der Waals surface area contributed by atoms with Gasteiger partial charge < -0.3 is 14.4 Å². The first kappa shape index (κ1) is 15.7. The third kappa shape index (κ3) is 3.79. The van der Waals surface area contributed by atoms with E-state index in [0.717, 1.165) is 38.0 Å². The molecular weight excluding hydrogens is 288 g/mol. The Bertz CT molecular complexity index is 634. The van der Waals surface area contributed by atoms with Crippen molar-refractivity contribution in [1.82, 2.24) is 19.4 Å². The van der Waals surface area contributed by atoms with Gasteiger partial charge in [-0.2, -0.15) is 0 Å². The van der Waals surface area contributed by atoms with E-state index in [2.05, 4.69) is 14.5 Å². The fourth-order valence-electron chi connectivity index (χ4n) is 3.17. The van der Waals surface area contributed by atoms with Crippen LogP contribution in [0.5, 0.6) is 0 Å².